The molecular formula is C10H15N3O2S. The Bertz CT molecular complexity index is 405. The number of carboxylic acids is 1. The van der Waals surface area contributed by atoms with Crippen molar-refractivity contribution in [3.05, 3.63) is 17.5 Å². The van der Waals surface area contributed by atoms with Gasteiger partial charge in [0, 0.05) is 18.3 Å². The zero-order valence-corrected chi connectivity index (χ0v) is 10.1. The molecule has 2 unspecified atom stereocenters. The van der Waals surface area contributed by atoms with Crippen LogP contribution in [0.2, 0.25) is 0 Å². The SMILES string of the molecule is Cc1c(C2NC(C(=O)O)CCS2)cnn1C. The Morgan fingerprint density at radius 2 is 2.50 bits per heavy atom. The molecule has 0 spiro atoms. The Morgan fingerprint density at radius 3 is 3.06 bits per heavy atom. The molecule has 1 aromatic heterocycles. The molecule has 0 aliphatic carbocycles. The van der Waals surface area contributed by atoms with E-state index < -0.39 is 12.0 Å². The van der Waals surface area contributed by atoms with Crippen LogP contribution in [0.25, 0.3) is 0 Å². The maximum Gasteiger partial charge on any atom is 0.320 e. The van der Waals surface area contributed by atoms with Crippen LogP contribution in [0.4, 0.5) is 0 Å². The van der Waals surface area contributed by atoms with Crippen molar-refractivity contribution in [2.75, 3.05) is 5.75 Å². The molecule has 0 bridgehead atoms. The minimum absolute atomic E-state index is 0.0450. The van der Waals surface area contributed by atoms with Gasteiger partial charge in [0.2, 0.25) is 0 Å². The summed E-state index contributed by atoms with van der Waals surface area (Å²) in [5.74, 6) is 0.0926. The molecule has 1 fully saturated rings. The van der Waals surface area contributed by atoms with Crippen molar-refractivity contribution >= 4 is 17.7 Å². The van der Waals surface area contributed by atoms with Gasteiger partial charge in [0.1, 0.15) is 6.04 Å². The summed E-state index contributed by atoms with van der Waals surface area (Å²) in [6.07, 6.45) is 2.49. The number of aromatic nitrogens is 2. The molecule has 2 atom stereocenters. The zero-order chi connectivity index (χ0) is 11.7. The van der Waals surface area contributed by atoms with Crippen molar-refractivity contribution in [1.29, 1.82) is 0 Å². The number of nitrogens with one attached hydrogen (secondary N) is 1. The standard InChI is InChI=1S/C10H15N3O2S/c1-6-7(5-11-13(6)2)9-12-8(10(14)15)3-4-16-9/h5,8-9,12H,3-4H2,1-2H3,(H,14,15). The summed E-state index contributed by atoms with van der Waals surface area (Å²) in [5, 5.41) is 16.3. The lowest BCUT2D eigenvalue weighted by Gasteiger charge is -2.28. The average molecular weight is 241 g/mol. The number of thioether (sulfide) groups is 1. The van der Waals surface area contributed by atoms with E-state index in [9.17, 15) is 4.79 Å². The third-order valence-corrected chi connectivity index (χ3v) is 4.09. The summed E-state index contributed by atoms with van der Waals surface area (Å²) in [4.78, 5) is 10.9. The topological polar surface area (TPSA) is 67.2 Å². The highest BCUT2D eigenvalue weighted by molar-refractivity contribution is 7.99. The predicted molar refractivity (Wildman–Crippen MR) is 62.3 cm³/mol. The molecular weight excluding hydrogens is 226 g/mol. The fourth-order valence-corrected chi connectivity index (χ4v) is 3.04. The van der Waals surface area contributed by atoms with E-state index in [1.54, 1.807) is 11.8 Å². The summed E-state index contributed by atoms with van der Waals surface area (Å²) in [7, 11) is 1.89. The van der Waals surface area contributed by atoms with Crippen molar-refractivity contribution in [3.63, 3.8) is 0 Å². The van der Waals surface area contributed by atoms with Gasteiger partial charge in [0.05, 0.1) is 11.6 Å². The number of nitrogens with zero attached hydrogens (tertiary/aromatic N) is 2. The first-order valence-corrected chi connectivity index (χ1v) is 6.23. The zero-order valence-electron chi connectivity index (χ0n) is 9.30. The fraction of sp³-hybridized carbons (Fsp3) is 0.600. The Hall–Kier alpha value is -1.01. The van der Waals surface area contributed by atoms with Crippen LogP contribution in [0.3, 0.4) is 0 Å². The summed E-state index contributed by atoms with van der Waals surface area (Å²) >= 11 is 1.74. The molecule has 16 heavy (non-hydrogen) atoms. The van der Waals surface area contributed by atoms with Gasteiger partial charge in [-0.1, -0.05) is 0 Å². The van der Waals surface area contributed by atoms with Gasteiger partial charge in [0.15, 0.2) is 0 Å². The van der Waals surface area contributed by atoms with Gasteiger partial charge in [-0.2, -0.15) is 5.10 Å². The number of carbonyl (C=O) groups is 1. The molecule has 2 heterocycles. The van der Waals surface area contributed by atoms with Crippen LogP contribution in [-0.4, -0.2) is 32.7 Å². The highest BCUT2D eigenvalue weighted by Crippen LogP contribution is 2.32. The van der Waals surface area contributed by atoms with Gasteiger partial charge in [-0.3, -0.25) is 14.8 Å². The molecule has 1 saturated heterocycles. The van der Waals surface area contributed by atoms with Crippen LogP contribution in [0.15, 0.2) is 6.20 Å². The maximum atomic E-state index is 10.9. The van der Waals surface area contributed by atoms with Crippen LogP contribution in [-0.2, 0) is 11.8 Å². The van der Waals surface area contributed by atoms with E-state index in [-0.39, 0.29) is 5.37 Å². The molecule has 2 N–H and O–H groups in total. The van der Waals surface area contributed by atoms with E-state index in [1.807, 2.05) is 24.9 Å². The van der Waals surface area contributed by atoms with Crippen LogP contribution in [0.5, 0.6) is 0 Å². The fourth-order valence-electron chi connectivity index (χ4n) is 1.77. The van der Waals surface area contributed by atoms with Crippen LogP contribution in [0, 0.1) is 6.92 Å². The van der Waals surface area contributed by atoms with E-state index >= 15 is 0 Å². The molecule has 2 rings (SSSR count). The monoisotopic (exact) mass is 241 g/mol. The Kier molecular flexibility index (Phi) is 3.20. The number of hydrogen-bond acceptors (Lipinski definition) is 4. The Labute approximate surface area is 98.2 Å². The average Bonchev–Trinajstić information content (AvgIpc) is 2.60. The summed E-state index contributed by atoms with van der Waals surface area (Å²) < 4.78 is 1.81. The number of carboxylic acid groups (broad SMARTS) is 1. The van der Waals surface area contributed by atoms with E-state index in [2.05, 4.69) is 10.4 Å². The van der Waals surface area contributed by atoms with Crippen LogP contribution < -0.4 is 5.32 Å². The number of rotatable bonds is 2. The molecule has 1 aliphatic heterocycles. The maximum absolute atomic E-state index is 10.9. The highest BCUT2D eigenvalue weighted by Gasteiger charge is 2.28. The minimum atomic E-state index is -0.771. The Balaban J connectivity index is 2.16. The molecule has 5 nitrogen and oxygen atoms in total. The Morgan fingerprint density at radius 1 is 1.75 bits per heavy atom. The van der Waals surface area contributed by atoms with Gasteiger partial charge >= 0.3 is 5.97 Å². The second-order valence-electron chi connectivity index (χ2n) is 3.91. The first kappa shape index (κ1) is 11.5. The quantitative estimate of drug-likeness (QED) is 0.805. The third-order valence-electron chi connectivity index (χ3n) is 2.90. The second kappa shape index (κ2) is 4.47. The van der Waals surface area contributed by atoms with Crippen LogP contribution >= 0.6 is 11.8 Å². The smallest absolute Gasteiger partial charge is 0.320 e. The summed E-state index contributed by atoms with van der Waals surface area (Å²) in [6, 6.07) is -0.439. The lowest BCUT2D eigenvalue weighted by molar-refractivity contribution is -0.139. The van der Waals surface area contributed by atoms with Gasteiger partial charge < -0.3 is 5.11 Å². The van der Waals surface area contributed by atoms with Gasteiger partial charge in [-0.05, 0) is 19.1 Å². The van der Waals surface area contributed by atoms with Gasteiger partial charge in [-0.25, -0.2) is 0 Å². The van der Waals surface area contributed by atoms with E-state index in [0.29, 0.717) is 6.42 Å². The van der Waals surface area contributed by atoms with Crippen molar-refractivity contribution in [1.82, 2.24) is 15.1 Å². The predicted octanol–water partition coefficient (Wildman–Crippen LogP) is 0.907. The number of aryl methyl sites for hydroxylation is 1. The first-order chi connectivity index (χ1) is 7.59. The van der Waals surface area contributed by atoms with E-state index in [0.717, 1.165) is 17.0 Å². The second-order valence-corrected chi connectivity index (χ2v) is 5.12. The normalized spacial score (nSPS) is 25.6. The first-order valence-electron chi connectivity index (χ1n) is 5.18. The molecule has 0 amide bonds. The summed E-state index contributed by atoms with van der Waals surface area (Å²) in [5.41, 5.74) is 2.16. The molecule has 0 saturated carbocycles. The molecule has 1 aliphatic rings. The van der Waals surface area contributed by atoms with Gasteiger partial charge in [0.25, 0.3) is 0 Å². The van der Waals surface area contributed by atoms with Crippen molar-refractivity contribution in [2.45, 2.75) is 24.8 Å². The number of hydrogen-bond donors (Lipinski definition) is 2. The highest BCUT2D eigenvalue weighted by atomic mass is 32.2. The van der Waals surface area contributed by atoms with E-state index in [4.69, 9.17) is 5.11 Å². The molecule has 88 valence electrons. The van der Waals surface area contributed by atoms with E-state index in [1.165, 1.54) is 0 Å². The summed E-state index contributed by atoms with van der Waals surface area (Å²) in [6.45, 7) is 1.99. The third kappa shape index (κ3) is 2.08. The minimum Gasteiger partial charge on any atom is -0.480 e. The lowest BCUT2D eigenvalue weighted by atomic mass is 10.2. The van der Waals surface area contributed by atoms with Gasteiger partial charge in [-0.15, -0.1) is 11.8 Å². The van der Waals surface area contributed by atoms with Crippen LogP contribution in [0.1, 0.15) is 23.1 Å². The largest absolute Gasteiger partial charge is 0.480 e. The molecule has 1 aromatic rings. The number of aliphatic carboxylic acids is 1. The molecule has 6 heteroatoms. The lowest BCUT2D eigenvalue weighted by Crippen LogP contribution is -2.41. The van der Waals surface area contributed by atoms with Crippen molar-refractivity contribution in [3.8, 4) is 0 Å². The van der Waals surface area contributed by atoms with Crippen molar-refractivity contribution < 1.29 is 9.90 Å². The van der Waals surface area contributed by atoms with Crippen molar-refractivity contribution in [2.24, 2.45) is 7.05 Å². The molecule has 0 radical (unpaired) electrons. The molecule has 0 aromatic carbocycles.